The maximum Gasteiger partial charge on any atom is 0.349 e. The van der Waals surface area contributed by atoms with Gasteiger partial charge in [0.25, 0.3) is 0 Å². The smallest absolute Gasteiger partial charge is 0.349 e. The zero-order valence-electron chi connectivity index (χ0n) is 35.8. The van der Waals surface area contributed by atoms with Crippen LogP contribution in [0.25, 0.3) is 0 Å². The lowest BCUT2D eigenvalue weighted by atomic mass is 9.93. The largest absolute Gasteiger partial charge is 0.478 e. The Labute approximate surface area is 354 Å². The molecule has 322 valence electrons. The molecule has 0 saturated carbocycles. The van der Waals surface area contributed by atoms with Crippen LogP contribution in [0.1, 0.15) is 69.7 Å². The molecule has 2 aliphatic heterocycles. The van der Waals surface area contributed by atoms with Gasteiger partial charge in [-0.3, -0.25) is 9.80 Å². The molecule has 6 atom stereocenters. The number of carbonyl (C=O) groups is 4. The number of carbonyl (C=O) groups excluding carboxylic acids is 2. The summed E-state index contributed by atoms with van der Waals surface area (Å²) in [4.78, 5) is 52.4. The standard InChI is InChI=1S/C20H18O8.2C14H22N2/c1-11-3-7-13(8-4-11)19(25)27-15(17(21)22)16(18(23)24)28-20(26)14-9-5-12(2)6-10-14;2*1-12-8-9-16(11-14(12)15-2)10-13-6-4-3-5-7-13/h3-10,15-16H,1-2H3,(H,21,22)(H,23,24);2*3-7,12,14-15H,8-11H2,1-2H3. The van der Waals surface area contributed by atoms with Gasteiger partial charge >= 0.3 is 23.9 Å². The molecule has 6 rings (SSSR count). The van der Waals surface area contributed by atoms with Crippen molar-refractivity contribution in [3.8, 4) is 0 Å². The van der Waals surface area contributed by atoms with Crippen molar-refractivity contribution in [1.29, 1.82) is 0 Å². The van der Waals surface area contributed by atoms with Crippen molar-refractivity contribution < 1.29 is 38.9 Å². The van der Waals surface area contributed by atoms with Gasteiger partial charge in [0.2, 0.25) is 12.2 Å². The number of nitrogens with one attached hydrogen (secondary N) is 2. The first kappa shape index (κ1) is 47.3. The van der Waals surface area contributed by atoms with E-state index in [1.54, 1.807) is 38.1 Å². The van der Waals surface area contributed by atoms with Crippen molar-refractivity contribution >= 4 is 23.9 Å². The van der Waals surface area contributed by atoms with Crippen LogP contribution in [0.3, 0.4) is 0 Å². The van der Waals surface area contributed by atoms with Gasteiger partial charge in [-0.25, -0.2) is 19.2 Å². The Kier molecular flexibility index (Phi) is 18.9. The van der Waals surface area contributed by atoms with Gasteiger partial charge in [0.05, 0.1) is 11.1 Å². The number of nitrogens with zero attached hydrogens (tertiary/aromatic N) is 2. The van der Waals surface area contributed by atoms with Gasteiger partial charge in [0, 0.05) is 38.3 Å². The monoisotopic (exact) mass is 822 g/mol. The van der Waals surface area contributed by atoms with Crippen LogP contribution in [-0.4, -0.2) is 108 Å². The van der Waals surface area contributed by atoms with E-state index in [9.17, 15) is 29.4 Å². The third-order valence-corrected chi connectivity index (χ3v) is 11.1. The molecule has 12 heteroatoms. The highest BCUT2D eigenvalue weighted by Gasteiger charge is 2.41. The summed E-state index contributed by atoms with van der Waals surface area (Å²) in [5.41, 5.74) is 4.64. The number of esters is 2. The maximum absolute atomic E-state index is 12.2. The molecule has 4 aromatic rings. The number of carboxylic acids is 2. The lowest BCUT2D eigenvalue weighted by molar-refractivity contribution is -0.166. The average Bonchev–Trinajstić information content (AvgIpc) is 3.25. The molecule has 4 N–H and O–H groups in total. The molecule has 0 aromatic heterocycles. The fraction of sp³-hybridized carbons (Fsp3) is 0.417. The van der Waals surface area contributed by atoms with Crippen LogP contribution >= 0.6 is 0 Å². The quantitative estimate of drug-likeness (QED) is 0.109. The van der Waals surface area contributed by atoms with E-state index in [0.717, 1.165) is 36.1 Å². The Morgan fingerprint density at radius 3 is 1.22 bits per heavy atom. The molecule has 0 radical (unpaired) electrons. The number of hydrogen-bond acceptors (Lipinski definition) is 10. The summed E-state index contributed by atoms with van der Waals surface area (Å²) in [6.07, 6.45) is -1.84. The average molecular weight is 823 g/mol. The molecular weight excluding hydrogens is 761 g/mol. The van der Waals surface area contributed by atoms with E-state index in [1.165, 1.54) is 74.4 Å². The minimum Gasteiger partial charge on any atom is -0.478 e. The predicted octanol–water partition coefficient (Wildman–Crippen LogP) is 6.46. The molecule has 2 saturated heterocycles. The Balaban J connectivity index is 0.000000212. The lowest BCUT2D eigenvalue weighted by Crippen LogP contribution is -2.48. The predicted molar refractivity (Wildman–Crippen MR) is 233 cm³/mol. The van der Waals surface area contributed by atoms with Crippen LogP contribution < -0.4 is 10.6 Å². The first-order chi connectivity index (χ1) is 28.8. The van der Waals surface area contributed by atoms with Crippen LogP contribution in [0.5, 0.6) is 0 Å². The van der Waals surface area contributed by atoms with Gasteiger partial charge in [-0.1, -0.05) is 110 Å². The number of hydrogen-bond donors (Lipinski definition) is 4. The van der Waals surface area contributed by atoms with E-state index in [2.05, 4.69) is 109 Å². The molecule has 0 amide bonds. The number of aryl methyl sites for hydroxylation is 2. The molecule has 2 fully saturated rings. The first-order valence-electron chi connectivity index (χ1n) is 20.7. The Morgan fingerprint density at radius 2 is 0.917 bits per heavy atom. The van der Waals surface area contributed by atoms with E-state index < -0.39 is 36.1 Å². The van der Waals surface area contributed by atoms with Crippen molar-refractivity contribution in [2.45, 2.75) is 77.9 Å². The van der Waals surface area contributed by atoms with E-state index in [-0.39, 0.29) is 11.1 Å². The van der Waals surface area contributed by atoms with Gasteiger partial charge in [0.15, 0.2) is 0 Å². The second kappa shape index (κ2) is 24.0. The minimum absolute atomic E-state index is 0.0332. The topological polar surface area (TPSA) is 158 Å². The molecule has 60 heavy (non-hydrogen) atoms. The highest BCUT2D eigenvalue weighted by Crippen LogP contribution is 2.20. The van der Waals surface area contributed by atoms with Gasteiger partial charge in [-0.05, 0) is 101 Å². The van der Waals surface area contributed by atoms with Gasteiger partial charge < -0.3 is 30.3 Å². The summed E-state index contributed by atoms with van der Waals surface area (Å²) in [6, 6.07) is 34.9. The molecular formula is C48H62N4O8. The summed E-state index contributed by atoms with van der Waals surface area (Å²) in [6.45, 7) is 15.3. The molecule has 0 aliphatic carbocycles. The second-order valence-corrected chi connectivity index (χ2v) is 15.8. The molecule has 4 aromatic carbocycles. The zero-order valence-corrected chi connectivity index (χ0v) is 35.8. The fourth-order valence-electron chi connectivity index (χ4n) is 7.23. The Morgan fingerprint density at radius 1 is 0.583 bits per heavy atom. The van der Waals surface area contributed by atoms with Crippen molar-refractivity contribution in [1.82, 2.24) is 20.4 Å². The first-order valence-corrected chi connectivity index (χ1v) is 20.7. The van der Waals surface area contributed by atoms with Crippen LogP contribution in [-0.2, 0) is 32.2 Å². The minimum atomic E-state index is -2.22. The van der Waals surface area contributed by atoms with E-state index in [4.69, 9.17) is 9.47 Å². The highest BCUT2D eigenvalue weighted by molar-refractivity contribution is 5.95. The summed E-state index contributed by atoms with van der Waals surface area (Å²) < 4.78 is 9.64. The van der Waals surface area contributed by atoms with Crippen molar-refractivity contribution in [2.75, 3.05) is 40.3 Å². The van der Waals surface area contributed by atoms with Crippen molar-refractivity contribution in [3.63, 3.8) is 0 Å². The fourth-order valence-corrected chi connectivity index (χ4v) is 7.23. The summed E-state index contributed by atoms with van der Waals surface area (Å²) in [7, 11) is 4.15. The molecule has 2 aliphatic rings. The number of ether oxygens (including phenoxy) is 2. The summed E-state index contributed by atoms with van der Waals surface area (Å²) >= 11 is 0. The van der Waals surface area contributed by atoms with Crippen molar-refractivity contribution in [2.24, 2.45) is 11.8 Å². The zero-order chi connectivity index (χ0) is 43.6. The van der Waals surface area contributed by atoms with Crippen molar-refractivity contribution in [3.05, 3.63) is 143 Å². The van der Waals surface area contributed by atoms with Gasteiger partial charge in [-0.15, -0.1) is 0 Å². The molecule has 0 spiro atoms. The SMILES string of the molecule is CNC1CN(Cc2ccccc2)CCC1C.CNC1CN(Cc2ccccc2)CCC1C.Cc1ccc(C(=O)OC(C(=O)O)C(OC(=O)c2ccc(C)cc2)C(=O)O)cc1. The number of aliphatic carboxylic acids is 2. The van der Waals surface area contributed by atoms with E-state index in [0.29, 0.717) is 12.1 Å². The summed E-state index contributed by atoms with van der Waals surface area (Å²) in [5, 5.41) is 25.5. The normalized spacial score (nSPS) is 20.2. The van der Waals surface area contributed by atoms with E-state index in [1.807, 2.05) is 0 Å². The number of likely N-dealkylation sites (N-methyl/N-ethyl adjacent to an activating group) is 2. The number of rotatable bonds is 13. The van der Waals surface area contributed by atoms with Gasteiger partial charge in [-0.2, -0.15) is 0 Å². The maximum atomic E-state index is 12.2. The second-order valence-electron chi connectivity index (χ2n) is 15.8. The van der Waals surface area contributed by atoms with Crippen LogP contribution in [0, 0.1) is 25.7 Å². The lowest BCUT2D eigenvalue weighted by Gasteiger charge is -2.37. The summed E-state index contributed by atoms with van der Waals surface area (Å²) in [5.74, 6) is -4.02. The number of likely N-dealkylation sites (tertiary alicyclic amines) is 2. The molecule has 12 nitrogen and oxygen atoms in total. The molecule has 6 unspecified atom stereocenters. The van der Waals surface area contributed by atoms with Crippen LogP contribution in [0.2, 0.25) is 0 Å². The molecule has 2 heterocycles. The molecule has 0 bridgehead atoms. The third-order valence-electron chi connectivity index (χ3n) is 11.1. The highest BCUT2D eigenvalue weighted by atomic mass is 16.6. The van der Waals surface area contributed by atoms with E-state index >= 15 is 0 Å². The number of carboxylic acid groups (broad SMARTS) is 2. The Hall–Kier alpha value is -5.40. The Bertz CT molecular complexity index is 1790. The van der Waals surface area contributed by atoms with Crippen LogP contribution in [0.15, 0.2) is 109 Å². The van der Waals surface area contributed by atoms with Gasteiger partial charge in [0.1, 0.15) is 0 Å². The number of benzene rings is 4. The number of piperidine rings is 2. The third kappa shape index (κ3) is 15.0. The van der Waals surface area contributed by atoms with Crippen LogP contribution in [0.4, 0.5) is 0 Å².